The predicted octanol–water partition coefficient (Wildman–Crippen LogP) is 4.50. The second-order valence-corrected chi connectivity index (χ2v) is 8.84. The zero-order chi connectivity index (χ0) is 20.0. The molecule has 1 aromatic carbocycles. The fourth-order valence-corrected chi connectivity index (χ4v) is 5.48. The molecular weight excluding hydrogens is 382 g/mol. The van der Waals surface area contributed by atoms with Gasteiger partial charge in [0.25, 0.3) is 0 Å². The molecule has 0 bridgehead atoms. The van der Waals surface area contributed by atoms with E-state index >= 15 is 0 Å². The molecule has 150 valence electrons. The molecule has 0 spiro atoms. The van der Waals surface area contributed by atoms with Crippen molar-refractivity contribution in [3.8, 4) is 16.2 Å². The molecule has 2 N–H and O–H groups in total. The first kappa shape index (κ1) is 18.4. The van der Waals surface area contributed by atoms with Crippen LogP contribution in [0.4, 0.5) is 5.82 Å². The topological polar surface area (TPSA) is 68.7 Å². The second kappa shape index (κ2) is 7.31. The van der Waals surface area contributed by atoms with E-state index in [0.717, 1.165) is 51.7 Å². The standard InChI is InChI=1S/C22H25N5OS/c1-14-8-15-10-19(29-21(15)18(9-14)28-2)17-11-16(12-26-6-4-3-5-7-26)27-20(17)22(23)24-13-25-27/h8-11,13H,3-7,12H2,1-2H3,(H2,23,24,25). The lowest BCUT2D eigenvalue weighted by Crippen LogP contribution is -2.29. The smallest absolute Gasteiger partial charge is 0.152 e. The van der Waals surface area contributed by atoms with Crippen LogP contribution in [0.5, 0.6) is 5.75 Å². The first-order valence-corrected chi connectivity index (χ1v) is 10.9. The molecule has 1 aliphatic rings. The number of fused-ring (bicyclic) bond motifs is 2. The van der Waals surface area contributed by atoms with Gasteiger partial charge in [-0.15, -0.1) is 11.3 Å². The lowest BCUT2D eigenvalue weighted by molar-refractivity contribution is 0.217. The maximum Gasteiger partial charge on any atom is 0.152 e. The summed E-state index contributed by atoms with van der Waals surface area (Å²) in [6.45, 7) is 5.26. The number of hydrogen-bond donors (Lipinski definition) is 1. The second-order valence-electron chi connectivity index (χ2n) is 7.79. The fourth-order valence-electron chi connectivity index (χ4n) is 4.33. The minimum atomic E-state index is 0.514. The third-order valence-electron chi connectivity index (χ3n) is 5.70. The van der Waals surface area contributed by atoms with Gasteiger partial charge in [0.1, 0.15) is 17.6 Å². The maximum absolute atomic E-state index is 6.31. The number of likely N-dealkylation sites (tertiary alicyclic amines) is 1. The third kappa shape index (κ3) is 3.24. The van der Waals surface area contributed by atoms with Gasteiger partial charge in [0.15, 0.2) is 5.82 Å². The molecule has 5 rings (SSSR count). The van der Waals surface area contributed by atoms with E-state index in [1.54, 1.807) is 24.8 Å². The Labute approximate surface area is 173 Å². The van der Waals surface area contributed by atoms with Crippen LogP contribution in [-0.2, 0) is 6.54 Å². The number of methoxy groups -OCH3 is 1. The minimum absolute atomic E-state index is 0.514. The van der Waals surface area contributed by atoms with E-state index in [2.05, 4.69) is 46.2 Å². The van der Waals surface area contributed by atoms with Crippen LogP contribution in [0, 0.1) is 6.92 Å². The Kier molecular flexibility index (Phi) is 4.64. The Morgan fingerprint density at radius 1 is 1.14 bits per heavy atom. The first-order valence-electron chi connectivity index (χ1n) is 10.1. The van der Waals surface area contributed by atoms with E-state index in [1.807, 2.05) is 4.52 Å². The summed E-state index contributed by atoms with van der Waals surface area (Å²) in [5.74, 6) is 1.43. The number of hydrogen-bond acceptors (Lipinski definition) is 6. The number of nitrogens with zero attached hydrogens (tertiary/aromatic N) is 4. The molecule has 0 unspecified atom stereocenters. The number of nitrogens with two attached hydrogens (primary N) is 1. The van der Waals surface area contributed by atoms with Crippen LogP contribution in [-0.4, -0.2) is 39.7 Å². The number of aromatic nitrogens is 3. The van der Waals surface area contributed by atoms with Crippen LogP contribution in [0.2, 0.25) is 0 Å². The summed E-state index contributed by atoms with van der Waals surface area (Å²) in [7, 11) is 1.73. The number of piperidine rings is 1. The van der Waals surface area contributed by atoms with Crippen molar-refractivity contribution in [3.63, 3.8) is 0 Å². The molecule has 1 aliphatic heterocycles. The van der Waals surface area contributed by atoms with Crippen LogP contribution >= 0.6 is 11.3 Å². The minimum Gasteiger partial charge on any atom is -0.495 e. The van der Waals surface area contributed by atoms with Gasteiger partial charge in [-0.2, -0.15) is 5.10 Å². The number of anilines is 1. The van der Waals surface area contributed by atoms with E-state index in [4.69, 9.17) is 10.5 Å². The van der Waals surface area contributed by atoms with Gasteiger partial charge in [-0.3, -0.25) is 4.90 Å². The number of rotatable bonds is 4. The van der Waals surface area contributed by atoms with Gasteiger partial charge in [-0.1, -0.05) is 12.5 Å². The molecular formula is C22H25N5OS. The van der Waals surface area contributed by atoms with E-state index in [9.17, 15) is 0 Å². The summed E-state index contributed by atoms with van der Waals surface area (Å²) in [4.78, 5) is 7.93. The van der Waals surface area contributed by atoms with Crippen molar-refractivity contribution in [1.29, 1.82) is 0 Å². The van der Waals surface area contributed by atoms with Crippen molar-refractivity contribution in [2.75, 3.05) is 25.9 Å². The molecule has 4 aromatic rings. The molecule has 0 saturated carbocycles. The van der Waals surface area contributed by atoms with Crippen molar-refractivity contribution < 1.29 is 4.74 Å². The van der Waals surface area contributed by atoms with Gasteiger partial charge in [-0.25, -0.2) is 9.50 Å². The quantitative estimate of drug-likeness (QED) is 0.540. The number of aryl methyl sites for hydroxylation is 1. The Hall–Kier alpha value is -2.64. The van der Waals surface area contributed by atoms with Gasteiger partial charge in [0.2, 0.25) is 0 Å². The zero-order valence-electron chi connectivity index (χ0n) is 16.8. The summed E-state index contributed by atoms with van der Waals surface area (Å²) < 4.78 is 8.75. The zero-order valence-corrected chi connectivity index (χ0v) is 17.6. The first-order chi connectivity index (χ1) is 14.1. The molecule has 29 heavy (non-hydrogen) atoms. The molecule has 6 nitrogen and oxygen atoms in total. The van der Waals surface area contributed by atoms with Gasteiger partial charge in [0.05, 0.1) is 17.5 Å². The average molecular weight is 408 g/mol. The molecule has 0 aliphatic carbocycles. The van der Waals surface area contributed by atoms with Gasteiger partial charge in [-0.05, 0) is 62.0 Å². The van der Waals surface area contributed by atoms with Gasteiger partial charge >= 0.3 is 0 Å². The highest BCUT2D eigenvalue weighted by atomic mass is 32.1. The van der Waals surface area contributed by atoms with E-state index in [1.165, 1.54) is 30.2 Å². The molecule has 0 atom stereocenters. The van der Waals surface area contributed by atoms with E-state index in [-0.39, 0.29) is 0 Å². The van der Waals surface area contributed by atoms with Gasteiger partial charge < -0.3 is 10.5 Å². The lowest BCUT2D eigenvalue weighted by Gasteiger charge is -2.25. The highest BCUT2D eigenvalue weighted by Gasteiger charge is 2.20. The molecule has 1 saturated heterocycles. The molecule has 0 amide bonds. The molecule has 4 heterocycles. The molecule has 0 radical (unpaired) electrons. The summed E-state index contributed by atoms with van der Waals surface area (Å²) >= 11 is 1.73. The lowest BCUT2D eigenvalue weighted by atomic mass is 10.1. The monoisotopic (exact) mass is 407 g/mol. The van der Waals surface area contributed by atoms with Crippen molar-refractivity contribution in [3.05, 3.63) is 41.9 Å². The van der Waals surface area contributed by atoms with Crippen molar-refractivity contribution >= 4 is 32.8 Å². The van der Waals surface area contributed by atoms with E-state index in [0.29, 0.717) is 5.82 Å². The van der Waals surface area contributed by atoms with E-state index < -0.39 is 0 Å². The van der Waals surface area contributed by atoms with Crippen LogP contribution in [0.3, 0.4) is 0 Å². The average Bonchev–Trinajstić information content (AvgIpc) is 3.30. The summed E-state index contributed by atoms with van der Waals surface area (Å²) in [5, 5.41) is 5.72. The molecule has 7 heteroatoms. The summed E-state index contributed by atoms with van der Waals surface area (Å²) in [5.41, 5.74) is 10.6. The number of ether oxygens (including phenoxy) is 1. The normalized spacial score (nSPS) is 15.4. The Morgan fingerprint density at radius 3 is 2.76 bits per heavy atom. The number of thiophene rings is 1. The Balaban J connectivity index is 1.66. The summed E-state index contributed by atoms with van der Waals surface area (Å²) in [6.07, 6.45) is 5.41. The number of nitrogen functional groups attached to an aromatic ring is 1. The van der Waals surface area contributed by atoms with Crippen LogP contribution < -0.4 is 10.5 Å². The SMILES string of the molecule is COc1cc(C)cc2cc(-c3cc(CN4CCCCC4)n4ncnc(N)c34)sc12. The maximum atomic E-state index is 6.31. The highest BCUT2D eigenvalue weighted by molar-refractivity contribution is 7.22. The fraction of sp³-hybridized carbons (Fsp3) is 0.364. The van der Waals surface area contributed by atoms with Crippen LogP contribution in [0.1, 0.15) is 30.5 Å². The Morgan fingerprint density at radius 2 is 1.97 bits per heavy atom. The van der Waals surface area contributed by atoms with Crippen molar-refractivity contribution in [1.82, 2.24) is 19.5 Å². The van der Waals surface area contributed by atoms with Crippen LogP contribution in [0.25, 0.3) is 26.0 Å². The summed E-state index contributed by atoms with van der Waals surface area (Å²) in [6, 6.07) is 8.74. The van der Waals surface area contributed by atoms with Gasteiger partial charge in [0, 0.05) is 17.0 Å². The number of benzene rings is 1. The molecule has 3 aromatic heterocycles. The van der Waals surface area contributed by atoms with Crippen LogP contribution in [0.15, 0.2) is 30.6 Å². The predicted molar refractivity (Wildman–Crippen MR) is 119 cm³/mol. The van der Waals surface area contributed by atoms with Crippen molar-refractivity contribution in [2.45, 2.75) is 32.7 Å². The molecule has 1 fully saturated rings. The largest absolute Gasteiger partial charge is 0.495 e. The third-order valence-corrected chi connectivity index (χ3v) is 6.90. The Bertz CT molecular complexity index is 1190. The highest BCUT2D eigenvalue weighted by Crippen LogP contribution is 2.42. The van der Waals surface area contributed by atoms with Crippen molar-refractivity contribution in [2.24, 2.45) is 0 Å².